The minimum atomic E-state index is -3.31. The number of aromatic nitrogens is 2. The van der Waals surface area contributed by atoms with Crippen LogP contribution in [0.2, 0.25) is 0 Å². The average molecular weight is 587 g/mol. The maximum absolute atomic E-state index is 14.1. The molecule has 1 aromatic heterocycles. The van der Waals surface area contributed by atoms with Gasteiger partial charge in [0.05, 0.1) is 29.2 Å². The fraction of sp³-hybridized carbons (Fsp3) is 0.586. The van der Waals surface area contributed by atoms with Crippen molar-refractivity contribution in [2.45, 2.75) is 45.2 Å². The third-order valence-corrected chi connectivity index (χ3v) is 10.5. The van der Waals surface area contributed by atoms with Gasteiger partial charge < -0.3 is 15.1 Å². The van der Waals surface area contributed by atoms with E-state index in [1.807, 2.05) is 24.8 Å². The van der Waals surface area contributed by atoms with Gasteiger partial charge in [0.2, 0.25) is 15.9 Å². The number of hydrogen-bond donors (Lipinski definition) is 1. The molecule has 2 aromatic rings. The minimum Gasteiger partial charge on any atom is -0.349 e. The molecule has 2 saturated heterocycles. The SMILES string of the molecule is Cc1ncnc(C)c1C(=O)N1CC2CN(CC[C@H](NC(=O)C3CC(N(C)S(C)(=O)=O)C3)c3cccc(F)c3)CC2C1. The van der Waals surface area contributed by atoms with Gasteiger partial charge in [-0.15, -0.1) is 0 Å². The third-order valence-electron chi connectivity index (χ3n) is 9.11. The van der Waals surface area contributed by atoms with Crippen LogP contribution in [0.4, 0.5) is 4.39 Å². The standard InChI is InChI=1S/C29H39FN6O4S/c1-18-27(19(2)32-17-31-18)29(38)36-15-22-13-35(14-23(22)16-36)9-8-26(20-6-5-7-24(30)10-20)33-28(37)21-11-25(12-21)34(3)41(4,39)40/h5-7,10,17,21-23,25-26H,8-9,11-16H2,1-4H3,(H,33,37)/t21?,22?,23?,25?,26-/m0/s1. The second-order valence-corrected chi connectivity index (χ2v) is 14.0. The first-order chi connectivity index (χ1) is 19.4. The third kappa shape index (κ3) is 6.44. The van der Waals surface area contributed by atoms with Crippen LogP contribution in [0.3, 0.4) is 0 Å². The van der Waals surface area contributed by atoms with Gasteiger partial charge in [-0.25, -0.2) is 27.1 Å². The number of rotatable bonds is 9. The number of hydrogen-bond acceptors (Lipinski definition) is 7. The molecule has 2 aliphatic heterocycles. The molecule has 1 aliphatic carbocycles. The van der Waals surface area contributed by atoms with Gasteiger partial charge in [0.15, 0.2) is 0 Å². The quantitative estimate of drug-likeness (QED) is 0.479. The Labute approximate surface area is 241 Å². The van der Waals surface area contributed by atoms with Crippen molar-refractivity contribution in [3.8, 4) is 0 Å². The zero-order chi connectivity index (χ0) is 29.5. The Bertz CT molecular complexity index is 1380. The van der Waals surface area contributed by atoms with Crippen LogP contribution < -0.4 is 5.32 Å². The van der Waals surface area contributed by atoms with Gasteiger partial charge in [-0.05, 0) is 62.6 Å². The summed E-state index contributed by atoms with van der Waals surface area (Å²) in [4.78, 5) is 39.0. The summed E-state index contributed by atoms with van der Waals surface area (Å²) < 4.78 is 39.1. The summed E-state index contributed by atoms with van der Waals surface area (Å²) in [5.41, 5.74) is 2.71. The summed E-state index contributed by atoms with van der Waals surface area (Å²) in [5, 5.41) is 3.12. The van der Waals surface area contributed by atoms with Crippen LogP contribution >= 0.6 is 0 Å². The van der Waals surface area contributed by atoms with Gasteiger partial charge in [0.1, 0.15) is 12.1 Å². The first-order valence-electron chi connectivity index (χ1n) is 14.2. The molecule has 12 heteroatoms. The van der Waals surface area contributed by atoms with E-state index in [1.165, 1.54) is 29.0 Å². The maximum atomic E-state index is 14.1. The second kappa shape index (κ2) is 11.7. The number of carbonyl (C=O) groups is 2. The van der Waals surface area contributed by atoms with E-state index in [0.717, 1.165) is 25.2 Å². The largest absolute Gasteiger partial charge is 0.349 e. The zero-order valence-corrected chi connectivity index (χ0v) is 24.9. The summed E-state index contributed by atoms with van der Waals surface area (Å²) in [5.74, 6) is 0.0132. The minimum absolute atomic E-state index is 0.00334. The molecule has 3 fully saturated rings. The highest BCUT2D eigenvalue weighted by Crippen LogP contribution is 2.35. The van der Waals surface area contributed by atoms with Crippen molar-refractivity contribution in [3.05, 3.63) is 58.9 Å². The molecule has 0 spiro atoms. The molecule has 3 atom stereocenters. The van der Waals surface area contributed by atoms with E-state index < -0.39 is 10.0 Å². The molecule has 2 amide bonds. The number of benzene rings is 1. The van der Waals surface area contributed by atoms with Crippen LogP contribution in [0.25, 0.3) is 0 Å². The molecule has 222 valence electrons. The number of carbonyl (C=O) groups excluding carboxylic acids is 2. The lowest BCUT2D eigenvalue weighted by Gasteiger charge is -2.39. The average Bonchev–Trinajstić information content (AvgIpc) is 3.44. The molecule has 41 heavy (non-hydrogen) atoms. The van der Waals surface area contributed by atoms with Crippen molar-refractivity contribution >= 4 is 21.8 Å². The van der Waals surface area contributed by atoms with E-state index in [9.17, 15) is 22.4 Å². The number of fused-ring (bicyclic) bond motifs is 1. The highest BCUT2D eigenvalue weighted by atomic mass is 32.2. The smallest absolute Gasteiger partial charge is 0.257 e. The van der Waals surface area contributed by atoms with Gasteiger partial charge in [0, 0.05) is 51.7 Å². The Morgan fingerprint density at radius 3 is 2.32 bits per heavy atom. The molecular formula is C29H39FN6O4S. The van der Waals surface area contributed by atoms with E-state index in [2.05, 4.69) is 20.2 Å². The molecule has 0 bridgehead atoms. The first-order valence-corrected chi connectivity index (χ1v) is 16.0. The number of nitrogens with zero attached hydrogens (tertiary/aromatic N) is 5. The fourth-order valence-electron chi connectivity index (χ4n) is 6.52. The van der Waals surface area contributed by atoms with Crippen LogP contribution in [0.1, 0.15) is 52.6 Å². The molecule has 1 saturated carbocycles. The van der Waals surface area contributed by atoms with E-state index in [1.54, 1.807) is 13.1 Å². The number of amides is 2. The second-order valence-electron chi connectivity index (χ2n) is 11.9. The zero-order valence-electron chi connectivity index (χ0n) is 24.1. The molecule has 1 aromatic carbocycles. The maximum Gasteiger partial charge on any atom is 0.257 e. The van der Waals surface area contributed by atoms with Crippen molar-refractivity contribution in [3.63, 3.8) is 0 Å². The molecule has 0 radical (unpaired) electrons. The predicted molar refractivity (Wildman–Crippen MR) is 152 cm³/mol. The topological polar surface area (TPSA) is 116 Å². The Kier molecular flexibility index (Phi) is 8.45. The van der Waals surface area contributed by atoms with Crippen molar-refractivity contribution in [1.82, 2.24) is 29.4 Å². The van der Waals surface area contributed by atoms with E-state index in [4.69, 9.17) is 0 Å². The summed E-state index contributed by atoms with van der Waals surface area (Å²) >= 11 is 0. The van der Waals surface area contributed by atoms with Crippen molar-refractivity contribution in [2.24, 2.45) is 17.8 Å². The normalized spacial score (nSPS) is 25.2. The van der Waals surface area contributed by atoms with E-state index >= 15 is 0 Å². The number of aryl methyl sites for hydroxylation is 2. The van der Waals surface area contributed by atoms with Crippen molar-refractivity contribution in [2.75, 3.05) is 46.0 Å². The van der Waals surface area contributed by atoms with Crippen LogP contribution in [0.5, 0.6) is 0 Å². The Morgan fingerprint density at radius 1 is 1.10 bits per heavy atom. The molecule has 3 heterocycles. The van der Waals surface area contributed by atoms with E-state index in [-0.39, 0.29) is 35.6 Å². The van der Waals surface area contributed by atoms with Crippen molar-refractivity contribution < 1.29 is 22.4 Å². The molecular weight excluding hydrogens is 547 g/mol. The molecule has 2 unspecified atom stereocenters. The lowest BCUT2D eigenvalue weighted by atomic mass is 9.79. The molecule has 1 N–H and O–H groups in total. The molecule has 5 rings (SSSR count). The summed E-state index contributed by atoms with van der Waals surface area (Å²) in [6.07, 6.45) is 4.23. The van der Waals surface area contributed by atoms with Gasteiger partial charge >= 0.3 is 0 Å². The Balaban J connectivity index is 1.16. The monoisotopic (exact) mass is 586 g/mol. The summed E-state index contributed by atoms with van der Waals surface area (Å²) in [7, 11) is -1.76. The fourth-order valence-corrected chi connectivity index (χ4v) is 7.23. The summed E-state index contributed by atoms with van der Waals surface area (Å²) in [6, 6.07) is 5.80. The van der Waals surface area contributed by atoms with Gasteiger partial charge in [-0.1, -0.05) is 12.1 Å². The van der Waals surface area contributed by atoms with E-state index in [0.29, 0.717) is 61.1 Å². The molecule has 3 aliphatic rings. The van der Waals surface area contributed by atoms with Crippen molar-refractivity contribution in [1.29, 1.82) is 0 Å². The molecule has 10 nitrogen and oxygen atoms in total. The number of nitrogens with one attached hydrogen (secondary N) is 1. The van der Waals surface area contributed by atoms with Crippen LogP contribution in [0, 0.1) is 37.4 Å². The van der Waals surface area contributed by atoms with Crippen LogP contribution in [-0.2, 0) is 14.8 Å². The number of halogens is 1. The van der Waals surface area contributed by atoms with Gasteiger partial charge in [-0.2, -0.15) is 0 Å². The lowest BCUT2D eigenvalue weighted by molar-refractivity contribution is -0.129. The van der Waals surface area contributed by atoms with Gasteiger partial charge in [0.25, 0.3) is 5.91 Å². The Morgan fingerprint density at radius 2 is 1.73 bits per heavy atom. The highest BCUT2D eigenvalue weighted by molar-refractivity contribution is 7.88. The Hall–Kier alpha value is -2.96. The first kappa shape index (κ1) is 29.5. The number of likely N-dealkylation sites (tertiary alicyclic amines) is 2. The predicted octanol–water partition coefficient (Wildman–Crippen LogP) is 2.15. The van der Waals surface area contributed by atoms with Gasteiger partial charge in [-0.3, -0.25) is 9.59 Å². The highest BCUT2D eigenvalue weighted by Gasteiger charge is 2.43. The van der Waals surface area contributed by atoms with Crippen LogP contribution in [-0.4, -0.2) is 96.4 Å². The van der Waals surface area contributed by atoms with Crippen LogP contribution in [0.15, 0.2) is 30.6 Å². The summed E-state index contributed by atoms with van der Waals surface area (Å²) in [6.45, 7) is 7.53. The lowest BCUT2D eigenvalue weighted by Crippen LogP contribution is -2.50. The number of sulfonamides is 1.